The Kier molecular flexibility index (Phi) is 5.38. The largest absolute Gasteiger partial charge is 0.354 e. The van der Waals surface area contributed by atoms with Crippen molar-refractivity contribution in [3.8, 4) is 0 Å². The first-order valence-electron chi connectivity index (χ1n) is 5.57. The molecule has 0 fully saturated rings. The summed E-state index contributed by atoms with van der Waals surface area (Å²) in [6, 6.07) is 2.27. The van der Waals surface area contributed by atoms with Gasteiger partial charge in [0.25, 0.3) is 5.91 Å². The van der Waals surface area contributed by atoms with Crippen molar-refractivity contribution >= 4 is 29.1 Å². The highest BCUT2D eigenvalue weighted by molar-refractivity contribution is 6.35. The molecule has 0 heterocycles. The van der Waals surface area contributed by atoms with Gasteiger partial charge in [-0.25, -0.2) is 4.39 Å². The Balaban J connectivity index is 2.87. The average molecular weight is 294 g/mol. The molecule has 0 saturated heterocycles. The molecule has 1 aromatic carbocycles. The summed E-state index contributed by atoms with van der Waals surface area (Å²) in [4.78, 5) is 11.4. The van der Waals surface area contributed by atoms with E-state index in [0.29, 0.717) is 10.6 Å². The lowest BCUT2D eigenvalue weighted by atomic mass is 10.1. The maximum Gasteiger partial charge on any atom is 0.277 e. The summed E-state index contributed by atoms with van der Waals surface area (Å²) >= 11 is 11.7. The van der Waals surface area contributed by atoms with E-state index in [1.165, 1.54) is 12.1 Å². The summed E-state index contributed by atoms with van der Waals surface area (Å²) < 4.78 is 13.4. The number of benzene rings is 1. The van der Waals surface area contributed by atoms with Crippen LogP contribution >= 0.6 is 23.2 Å². The van der Waals surface area contributed by atoms with Gasteiger partial charge >= 0.3 is 0 Å². The molecule has 0 unspecified atom stereocenters. The SMILES string of the molecule is CNC(=O)[C@H](C)[NH2+][C@H](C)c1cc(F)c(Cl)cc1Cl. The highest BCUT2D eigenvalue weighted by Gasteiger charge is 2.21. The second kappa shape index (κ2) is 6.36. The van der Waals surface area contributed by atoms with Crippen molar-refractivity contribution in [2.45, 2.75) is 25.9 Å². The highest BCUT2D eigenvalue weighted by Crippen LogP contribution is 2.27. The molecule has 1 amide bonds. The second-order valence-electron chi connectivity index (χ2n) is 4.17. The lowest BCUT2D eigenvalue weighted by molar-refractivity contribution is -0.710. The van der Waals surface area contributed by atoms with Gasteiger partial charge in [-0.2, -0.15) is 0 Å². The van der Waals surface area contributed by atoms with Crippen molar-refractivity contribution < 1.29 is 14.5 Å². The lowest BCUT2D eigenvalue weighted by Crippen LogP contribution is -2.92. The third kappa shape index (κ3) is 3.57. The van der Waals surface area contributed by atoms with E-state index in [9.17, 15) is 9.18 Å². The molecule has 100 valence electrons. The summed E-state index contributed by atoms with van der Waals surface area (Å²) in [6.07, 6.45) is 0. The quantitative estimate of drug-likeness (QED) is 0.818. The van der Waals surface area contributed by atoms with Crippen molar-refractivity contribution in [2.24, 2.45) is 0 Å². The Labute approximate surface area is 116 Å². The van der Waals surface area contributed by atoms with Gasteiger partial charge in [-0.15, -0.1) is 0 Å². The van der Waals surface area contributed by atoms with E-state index in [4.69, 9.17) is 23.2 Å². The van der Waals surface area contributed by atoms with Crippen LogP contribution in [-0.2, 0) is 4.79 Å². The molecular weight excluding hydrogens is 278 g/mol. The minimum Gasteiger partial charge on any atom is -0.354 e. The predicted molar refractivity (Wildman–Crippen MR) is 70.3 cm³/mol. The van der Waals surface area contributed by atoms with E-state index in [-0.39, 0.29) is 23.0 Å². The fraction of sp³-hybridized carbons (Fsp3) is 0.417. The van der Waals surface area contributed by atoms with Gasteiger partial charge in [-0.05, 0) is 26.0 Å². The monoisotopic (exact) mass is 293 g/mol. The van der Waals surface area contributed by atoms with E-state index >= 15 is 0 Å². The number of nitrogens with two attached hydrogens (primary N) is 1. The van der Waals surface area contributed by atoms with Gasteiger partial charge in [0, 0.05) is 12.6 Å². The van der Waals surface area contributed by atoms with Crippen molar-refractivity contribution in [1.82, 2.24) is 5.32 Å². The Morgan fingerprint density at radius 2 is 1.94 bits per heavy atom. The topological polar surface area (TPSA) is 45.7 Å². The van der Waals surface area contributed by atoms with Crippen molar-refractivity contribution in [3.05, 3.63) is 33.6 Å². The molecule has 3 nitrogen and oxygen atoms in total. The van der Waals surface area contributed by atoms with Gasteiger partial charge in [0.15, 0.2) is 6.04 Å². The molecule has 0 aliphatic carbocycles. The summed E-state index contributed by atoms with van der Waals surface area (Å²) in [5.41, 5.74) is 0.620. The molecule has 6 heteroatoms. The maximum absolute atomic E-state index is 13.4. The van der Waals surface area contributed by atoms with Crippen LogP contribution in [0.15, 0.2) is 12.1 Å². The fourth-order valence-electron chi connectivity index (χ4n) is 1.74. The molecule has 18 heavy (non-hydrogen) atoms. The molecule has 0 saturated carbocycles. The number of carbonyl (C=O) groups is 1. The van der Waals surface area contributed by atoms with E-state index < -0.39 is 5.82 Å². The molecule has 1 aromatic rings. The van der Waals surface area contributed by atoms with E-state index in [2.05, 4.69) is 5.32 Å². The number of halogens is 3. The van der Waals surface area contributed by atoms with E-state index in [1.807, 2.05) is 12.2 Å². The molecule has 2 atom stereocenters. The molecule has 0 aliphatic rings. The van der Waals surface area contributed by atoms with Crippen molar-refractivity contribution in [1.29, 1.82) is 0 Å². The van der Waals surface area contributed by atoms with Crippen molar-refractivity contribution in [2.75, 3.05) is 7.05 Å². The van der Waals surface area contributed by atoms with Gasteiger partial charge < -0.3 is 10.6 Å². The van der Waals surface area contributed by atoms with E-state index in [1.54, 1.807) is 14.0 Å². The smallest absolute Gasteiger partial charge is 0.277 e. The summed E-state index contributed by atoms with van der Waals surface area (Å²) in [6.45, 7) is 3.63. The Morgan fingerprint density at radius 3 is 2.50 bits per heavy atom. The number of nitrogens with one attached hydrogen (secondary N) is 1. The number of quaternary nitrogens is 1. The summed E-state index contributed by atoms with van der Waals surface area (Å²) in [5, 5.41) is 4.76. The van der Waals surface area contributed by atoms with Gasteiger partial charge in [0.2, 0.25) is 0 Å². The zero-order valence-electron chi connectivity index (χ0n) is 10.4. The fourth-order valence-corrected chi connectivity index (χ4v) is 2.29. The molecule has 0 spiro atoms. The van der Waals surface area contributed by atoms with Gasteiger partial charge in [-0.1, -0.05) is 23.2 Å². The zero-order chi connectivity index (χ0) is 13.9. The molecule has 0 aromatic heterocycles. The van der Waals surface area contributed by atoms with Gasteiger partial charge in [0.05, 0.1) is 10.0 Å². The number of hydrogen-bond acceptors (Lipinski definition) is 1. The molecule has 0 radical (unpaired) electrons. The van der Waals surface area contributed by atoms with Crippen molar-refractivity contribution in [3.63, 3.8) is 0 Å². The van der Waals surface area contributed by atoms with Crippen LogP contribution in [0.5, 0.6) is 0 Å². The first kappa shape index (κ1) is 15.2. The number of amides is 1. The van der Waals surface area contributed by atoms with Crippen LogP contribution < -0.4 is 10.6 Å². The molecule has 0 aliphatic heterocycles. The zero-order valence-corrected chi connectivity index (χ0v) is 11.9. The first-order chi connectivity index (χ1) is 8.36. The minimum atomic E-state index is -0.510. The standard InChI is InChI=1S/C12H15Cl2FN2O/c1-6(17-7(2)12(18)16-3)8-4-11(15)10(14)5-9(8)13/h4-7,17H,1-3H3,(H,16,18)/p+1/t6-,7+/m1/s1. The normalized spacial score (nSPS) is 14.1. The number of rotatable bonds is 4. The van der Waals surface area contributed by atoms with Crippen LogP contribution in [0.4, 0.5) is 4.39 Å². The van der Waals surface area contributed by atoms with Crippen LogP contribution in [0.1, 0.15) is 25.5 Å². The Morgan fingerprint density at radius 1 is 1.33 bits per heavy atom. The van der Waals surface area contributed by atoms with Crippen LogP contribution in [0, 0.1) is 5.82 Å². The van der Waals surface area contributed by atoms with Crippen LogP contribution in [0.25, 0.3) is 0 Å². The number of carbonyl (C=O) groups excluding carboxylic acids is 1. The van der Waals surface area contributed by atoms with Gasteiger partial charge in [-0.3, -0.25) is 4.79 Å². The number of hydrogen-bond donors (Lipinski definition) is 2. The highest BCUT2D eigenvalue weighted by atomic mass is 35.5. The van der Waals surface area contributed by atoms with Gasteiger partial charge in [0.1, 0.15) is 11.9 Å². The third-order valence-corrected chi connectivity index (χ3v) is 3.38. The van der Waals surface area contributed by atoms with Crippen LogP contribution in [0.2, 0.25) is 10.0 Å². The maximum atomic E-state index is 13.4. The molecule has 3 N–H and O–H groups in total. The first-order valence-corrected chi connectivity index (χ1v) is 6.33. The molecular formula is C12H16Cl2FN2O+. The molecule has 0 bridgehead atoms. The second-order valence-corrected chi connectivity index (χ2v) is 4.99. The van der Waals surface area contributed by atoms with E-state index in [0.717, 1.165) is 0 Å². The van der Waals surface area contributed by atoms with Crippen LogP contribution in [-0.4, -0.2) is 19.0 Å². The Hall–Kier alpha value is -0.840. The summed E-state index contributed by atoms with van der Waals surface area (Å²) in [5.74, 6) is -0.601. The summed E-state index contributed by atoms with van der Waals surface area (Å²) in [7, 11) is 1.58. The minimum absolute atomic E-state index is 0.00435. The van der Waals surface area contributed by atoms with Crippen LogP contribution in [0.3, 0.4) is 0 Å². The number of likely N-dealkylation sites (N-methyl/N-ethyl adjacent to an activating group) is 1. The lowest BCUT2D eigenvalue weighted by Gasteiger charge is -2.17. The Bertz CT molecular complexity index is 454. The average Bonchev–Trinajstić information content (AvgIpc) is 2.32. The predicted octanol–water partition coefficient (Wildman–Crippen LogP) is 1.89. The third-order valence-electron chi connectivity index (χ3n) is 2.77. The molecule has 1 rings (SSSR count).